The van der Waals surface area contributed by atoms with Crippen molar-refractivity contribution in [2.24, 2.45) is 11.8 Å². The summed E-state index contributed by atoms with van der Waals surface area (Å²) in [5.74, 6) is 0.953. The maximum atomic E-state index is 12.8. The average molecular weight is 431 g/mol. The van der Waals surface area contributed by atoms with Gasteiger partial charge in [0, 0.05) is 0 Å². The first-order chi connectivity index (χ1) is 15.3. The largest absolute Gasteiger partial charge is 0.423 e. The third-order valence-electron chi connectivity index (χ3n) is 4.94. The van der Waals surface area contributed by atoms with Crippen LogP contribution in [0.15, 0.2) is 72.8 Å². The second-order valence-corrected chi connectivity index (χ2v) is 8.77. The molecule has 0 N–H and O–H groups in total. The van der Waals surface area contributed by atoms with Gasteiger partial charge in [0.05, 0.1) is 11.1 Å². The standard InChI is InChI=1S/C28H30O4/c1-19(2)16-21-10-5-7-14-25(21)31-27(29)23-12-9-13-24(18-23)28(30)32-26-15-8-6-11-22(26)17-20(3)4/h5-15,18-20H,16-17H2,1-4H3. The maximum absolute atomic E-state index is 12.8. The zero-order valence-corrected chi connectivity index (χ0v) is 19.1. The van der Waals surface area contributed by atoms with E-state index in [1.165, 1.54) is 6.07 Å². The van der Waals surface area contributed by atoms with Crippen LogP contribution in [-0.2, 0) is 12.8 Å². The molecule has 0 bridgehead atoms. The number of ether oxygens (including phenoxy) is 2. The molecule has 3 rings (SSSR count). The Hall–Kier alpha value is -3.40. The minimum Gasteiger partial charge on any atom is -0.423 e. The van der Waals surface area contributed by atoms with Gasteiger partial charge in [-0.2, -0.15) is 0 Å². The molecule has 0 radical (unpaired) electrons. The first kappa shape index (κ1) is 23.3. The summed E-state index contributed by atoms with van der Waals surface area (Å²) in [4.78, 5) is 25.6. The van der Waals surface area contributed by atoms with Crippen LogP contribution in [0.4, 0.5) is 0 Å². The number of esters is 2. The van der Waals surface area contributed by atoms with E-state index in [0.717, 1.165) is 24.0 Å². The Labute approximate surface area is 190 Å². The van der Waals surface area contributed by atoms with Crippen LogP contribution in [0.3, 0.4) is 0 Å². The lowest BCUT2D eigenvalue weighted by Crippen LogP contribution is -2.14. The molecule has 0 atom stereocenters. The molecule has 0 heterocycles. The van der Waals surface area contributed by atoms with Crippen LogP contribution in [0.2, 0.25) is 0 Å². The minimum absolute atomic E-state index is 0.300. The fraction of sp³-hybridized carbons (Fsp3) is 0.286. The van der Waals surface area contributed by atoms with Gasteiger partial charge in [0.25, 0.3) is 0 Å². The zero-order valence-electron chi connectivity index (χ0n) is 19.1. The van der Waals surface area contributed by atoms with E-state index in [-0.39, 0.29) is 0 Å². The number of rotatable bonds is 8. The van der Waals surface area contributed by atoms with E-state index in [1.807, 2.05) is 36.4 Å². The van der Waals surface area contributed by atoms with E-state index in [9.17, 15) is 9.59 Å². The van der Waals surface area contributed by atoms with Gasteiger partial charge in [0.15, 0.2) is 0 Å². The first-order valence-corrected chi connectivity index (χ1v) is 11.0. The molecule has 3 aromatic carbocycles. The molecule has 166 valence electrons. The average Bonchev–Trinajstić information content (AvgIpc) is 2.76. The van der Waals surface area contributed by atoms with Crippen LogP contribution in [-0.4, -0.2) is 11.9 Å². The highest BCUT2D eigenvalue weighted by atomic mass is 16.5. The molecule has 0 aliphatic carbocycles. The third-order valence-corrected chi connectivity index (χ3v) is 4.94. The predicted molar refractivity (Wildman–Crippen MR) is 126 cm³/mol. The van der Waals surface area contributed by atoms with Gasteiger partial charge in [0.1, 0.15) is 11.5 Å². The monoisotopic (exact) mass is 430 g/mol. The number of hydrogen-bond donors (Lipinski definition) is 0. The molecule has 0 fully saturated rings. The Kier molecular flexibility index (Phi) is 7.82. The molecule has 0 aliphatic rings. The molecular weight excluding hydrogens is 400 g/mol. The Morgan fingerprint density at radius 3 is 1.44 bits per heavy atom. The van der Waals surface area contributed by atoms with Crippen molar-refractivity contribution in [3.05, 3.63) is 95.1 Å². The van der Waals surface area contributed by atoms with Gasteiger partial charge < -0.3 is 9.47 Å². The van der Waals surface area contributed by atoms with Crippen LogP contribution in [0, 0.1) is 11.8 Å². The topological polar surface area (TPSA) is 52.6 Å². The van der Waals surface area contributed by atoms with Crippen molar-refractivity contribution >= 4 is 11.9 Å². The van der Waals surface area contributed by atoms with Crippen molar-refractivity contribution in [3.63, 3.8) is 0 Å². The molecule has 0 saturated carbocycles. The highest BCUT2D eigenvalue weighted by Crippen LogP contribution is 2.24. The summed E-state index contributed by atoms with van der Waals surface area (Å²) in [6.45, 7) is 8.47. The molecule has 32 heavy (non-hydrogen) atoms. The maximum Gasteiger partial charge on any atom is 0.343 e. The van der Waals surface area contributed by atoms with E-state index in [1.54, 1.807) is 30.3 Å². The molecule has 0 aliphatic heterocycles. The van der Waals surface area contributed by atoms with Crippen LogP contribution in [0.5, 0.6) is 11.5 Å². The van der Waals surface area contributed by atoms with Crippen molar-refractivity contribution in [1.29, 1.82) is 0 Å². The Morgan fingerprint density at radius 1 is 0.625 bits per heavy atom. The molecule has 0 aromatic heterocycles. The number of hydrogen-bond acceptors (Lipinski definition) is 4. The molecule has 4 nitrogen and oxygen atoms in total. The van der Waals surface area contributed by atoms with Gasteiger partial charge in [-0.25, -0.2) is 9.59 Å². The number of carbonyl (C=O) groups is 2. The summed E-state index contributed by atoms with van der Waals surface area (Å²) in [5, 5.41) is 0. The zero-order chi connectivity index (χ0) is 23.1. The second-order valence-electron chi connectivity index (χ2n) is 8.77. The molecular formula is C28H30O4. The smallest absolute Gasteiger partial charge is 0.343 e. The molecule has 0 amide bonds. The van der Waals surface area contributed by atoms with E-state index in [2.05, 4.69) is 27.7 Å². The van der Waals surface area contributed by atoms with Crippen molar-refractivity contribution in [3.8, 4) is 11.5 Å². The molecule has 0 unspecified atom stereocenters. The van der Waals surface area contributed by atoms with E-state index in [4.69, 9.17) is 9.47 Å². The quantitative estimate of drug-likeness (QED) is 0.301. The SMILES string of the molecule is CC(C)Cc1ccccc1OC(=O)c1cccc(C(=O)Oc2ccccc2CC(C)C)c1. The lowest BCUT2D eigenvalue weighted by molar-refractivity contribution is 0.0732. The van der Waals surface area contributed by atoms with Gasteiger partial charge >= 0.3 is 11.9 Å². The minimum atomic E-state index is -0.504. The lowest BCUT2D eigenvalue weighted by Gasteiger charge is -2.13. The Bertz CT molecular complexity index is 999. The summed E-state index contributed by atoms with van der Waals surface area (Å²) in [6.07, 6.45) is 1.62. The van der Waals surface area contributed by atoms with E-state index >= 15 is 0 Å². The Morgan fingerprint density at radius 2 is 1.03 bits per heavy atom. The van der Waals surface area contributed by atoms with E-state index in [0.29, 0.717) is 34.5 Å². The van der Waals surface area contributed by atoms with Crippen LogP contribution >= 0.6 is 0 Å². The normalized spacial score (nSPS) is 10.9. The summed E-state index contributed by atoms with van der Waals surface area (Å²) in [5.41, 5.74) is 2.56. The van der Waals surface area contributed by atoms with Crippen LogP contribution in [0.25, 0.3) is 0 Å². The van der Waals surface area contributed by atoms with Gasteiger partial charge in [-0.1, -0.05) is 70.2 Å². The van der Waals surface area contributed by atoms with Crippen LogP contribution in [0.1, 0.15) is 59.5 Å². The van der Waals surface area contributed by atoms with Crippen molar-refractivity contribution in [1.82, 2.24) is 0 Å². The Balaban J connectivity index is 1.76. The number of benzene rings is 3. The highest BCUT2D eigenvalue weighted by molar-refractivity contribution is 5.96. The van der Waals surface area contributed by atoms with Crippen molar-refractivity contribution < 1.29 is 19.1 Å². The van der Waals surface area contributed by atoms with E-state index < -0.39 is 11.9 Å². The van der Waals surface area contributed by atoms with Crippen molar-refractivity contribution in [2.75, 3.05) is 0 Å². The summed E-state index contributed by atoms with van der Waals surface area (Å²) in [7, 11) is 0. The highest BCUT2D eigenvalue weighted by Gasteiger charge is 2.17. The van der Waals surface area contributed by atoms with Gasteiger partial charge in [-0.3, -0.25) is 0 Å². The molecule has 3 aromatic rings. The number of para-hydroxylation sites is 2. The van der Waals surface area contributed by atoms with Crippen LogP contribution < -0.4 is 9.47 Å². The number of carbonyl (C=O) groups excluding carboxylic acids is 2. The fourth-order valence-corrected chi connectivity index (χ4v) is 3.51. The summed E-state index contributed by atoms with van der Waals surface area (Å²) in [6, 6.07) is 21.5. The second kappa shape index (κ2) is 10.8. The third kappa shape index (κ3) is 6.30. The van der Waals surface area contributed by atoms with Gasteiger partial charge in [-0.05, 0) is 66.1 Å². The summed E-state index contributed by atoms with van der Waals surface area (Å²) < 4.78 is 11.3. The molecule has 4 heteroatoms. The van der Waals surface area contributed by atoms with Gasteiger partial charge in [-0.15, -0.1) is 0 Å². The first-order valence-electron chi connectivity index (χ1n) is 11.0. The lowest BCUT2D eigenvalue weighted by atomic mass is 10.0. The van der Waals surface area contributed by atoms with Crippen molar-refractivity contribution in [2.45, 2.75) is 40.5 Å². The molecule has 0 spiro atoms. The summed E-state index contributed by atoms with van der Waals surface area (Å²) >= 11 is 0. The predicted octanol–water partition coefficient (Wildman–Crippen LogP) is 6.52. The van der Waals surface area contributed by atoms with Gasteiger partial charge in [0.2, 0.25) is 0 Å². The molecule has 0 saturated heterocycles. The fourth-order valence-electron chi connectivity index (χ4n) is 3.51.